The van der Waals surface area contributed by atoms with E-state index in [1.54, 1.807) is 4.90 Å². The monoisotopic (exact) mass is 292 g/mol. The number of hydrogen-bond donors (Lipinski definition) is 0. The number of nitro groups is 1. The first-order valence-corrected chi connectivity index (χ1v) is 7.76. The summed E-state index contributed by atoms with van der Waals surface area (Å²) >= 11 is 0. The van der Waals surface area contributed by atoms with Crippen molar-refractivity contribution in [2.75, 3.05) is 39.1 Å². The van der Waals surface area contributed by atoms with Gasteiger partial charge in [0.05, 0.1) is 19.4 Å². The molecule has 0 radical (unpaired) electrons. The van der Waals surface area contributed by atoms with E-state index in [4.69, 9.17) is 4.74 Å². The molecule has 0 bridgehead atoms. The van der Waals surface area contributed by atoms with Crippen LogP contribution in [0.5, 0.6) is 0 Å². The molecule has 1 atom stereocenters. The Labute approximate surface area is 111 Å². The Morgan fingerprint density at radius 3 is 2.79 bits per heavy atom. The molecule has 0 aromatic carbocycles. The van der Waals surface area contributed by atoms with E-state index in [1.807, 2.05) is 0 Å². The second-order valence-electron chi connectivity index (χ2n) is 4.65. The summed E-state index contributed by atoms with van der Waals surface area (Å²) < 4.78 is 29.4. The fourth-order valence-electron chi connectivity index (χ4n) is 2.28. The highest BCUT2D eigenvalue weighted by Crippen LogP contribution is 2.19. The SMILES string of the molecule is CS(=O)(=O)N1CCN(CC2CCOC2)C1=N[N+](=O)[O-]. The number of guanidine groups is 1. The first kappa shape index (κ1) is 14.0. The van der Waals surface area contributed by atoms with Crippen molar-refractivity contribution in [2.45, 2.75) is 6.42 Å². The molecule has 2 saturated heterocycles. The number of ether oxygens (including phenoxy) is 1. The first-order chi connectivity index (χ1) is 8.88. The van der Waals surface area contributed by atoms with Crippen molar-refractivity contribution >= 4 is 16.0 Å². The Morgan fingerprint density at radius 2 is 2.26 bits per heavy atom. The van der Waals surface area contributed by atoms with E-state index in [9.17, 15) is 18.5 Å². The minimum absolute atomic E-state index is 0.0978. The summed E-state index contributed by atoms with van der Waals surface area (Å²) in [5.41, 5.74) is 0. The maximum atomic E-state index is 11.6. The van der Waals surface area contributed by atoms with Gasteiger partial charge in [0.1, 0.15) is 5.10 Å². The van der Waals surface area contributed by atoms with Crippen LogP contribution < -0.4 is 0 Å². The van der Waals surface area contributed by atoms with Crippen LogP contribution >= 0.6 is 0 Å². The van der Waals surface area contributed by atoms with E-state index in [1.165, 1.54) is 0 Å². The third-order valence-electron chi connectivity index (χ3n) is 3.15. The third kappa shape index (κ3) is 3.32. The van der Waals surface area contributed by atoms with Gasteiger partial charge in [0.25, 0.3) is 5.96 Å². The van der Waals surface area contributed by atoms with Gasteiger partial charge in [-0.3, -0.25) is 0 Å². The van der Waals surface area contributed by atoms with Crippen molar-refractivity contribution in [3.63, 3.8) is 0 Å². The predicted molar refractivity (Wildman–Crippen MR) is 66.5 cm³/mol. The minimum Gasteiger partial charge on any atom is -0.381 e. The van der Waals surface area contributed by atoms with E-state index in [0.717, 1.165) is 17.0 Å². The largest absolute Gasteiger partial charge is 0.381 e. The maximum absolute atomic E-state index is 11.6. The average Bonchev–Trinajstić information content (AvgIpc) is 2.88. The van der Waals surface area contributed by atoms with E-state index in [0.29, 0.717) is 26.3 Å². The summed E-state index contributed by atoms with van der Waals surface area (Å²) in [7, 11) is -3.54. The van der Waals surface area contributed by atoms with Gasteiger partial charge in [-0.2, -0.15) is 0 Å². The second kappa shape index (κ2) is 5.29. The zero-order valence-corrected chi connectivity index (χ0v) is 11.4. The summed E-state index contributed by atoms with van der Waals surface area (Å²) in [6, 6.07) is 0. The molecular formula is C9H16N4O5S. The van der Waals surface area contributed by atoms with Crippen LogP contribution in [0.25, 0.3) is 0 Å². The molecule has 0 amide bonds. The van der Waals surface area contributed by atoms with Gasteiger partial charge in [-0.05, 0) is 6.42 Å². The molecule has 0 aliphatic carbocycles. The van der Waals surface area contributed by atoms with Gasteiger partial charge in [0.15, 0.2) is 5.03 Å². The second-order valence-corrected chi connectivity index (χ2v) is 6.56. The van der Waals surface area contributed by atoms with Crippen molar-refractivity contribution in [2.24, 2.45) is 11.0 Å². The standard InChI is InChI=1S/C9H16N4O5S/c1-19(16,17)12-4-3-11(9(12)10-13(14)15)6-8-2-5-18-7-8/h8H,2-7H2,1H3. The zero-order valence-electron chi connectivity index (χ0n) is 10.6. The summed E-state index contributed by atoms with van der Waals surface area (Å²) in [5.74, 6) is 0.163. The Morgan fingerprint density at radius 1 is 1.53 bits per heavy atom. The molecule has 1 unspecified atom stereocenters. The third-order valence-corrected chi connectivity index (χ3v) is 4.30. The number of hydrogen-bond acceptors (Lipinski definition) is 5. The van der Waals surface area contributed by atoms with Gasteiger partial charge >= 0.3 is 0 Å². The van der Waals surface area contributed by atoms with Crippen molar-refractivity contribution in [1.29, 1.82) is 0 Å². The van der Waals surface area contributed by atoms with Crippen LogP contribution in [-0.4, -0.2) is 67.7 Å². The van der Waals surface area contributed by atoms with Crippen LogP contribution in [-0.2, 0) is 14.8 Å². The minimum atomic E-state index is -3.54. The first-order valence-electron chi connectivity index (χ1n) is 5.91. The Bertz CT molecular complexity index is 485. The molecule has 0 aromatic rings. The predicted octanol–water partition coefficient (Wildman–Crippen LogP) is -0.852. The van der Waals surface area contributed by atoms with Crippen LogP contribution in [0.1, 0.15) is 6.42 Å². The highest BCUT2D eigenvalue weighted by molar-refractivity contribution is 7.88. The number of hydrazone groups is 1. The van der Waals surface area contributed by atoms with E-state index >= 15 is 0 Å². The fraction of sp³-hybridized carbons (Fsp3) is 0.889. The van der Waals surface area contributed by atoms with E-state index < -0.39 is 15.1 Å². The fourth-order valence-corrected chi connectivity index (χ4v) is 3.14. The maximum Gasteiger partial charge on any atom is 0.287 e. The van der Waals surface area contributed by atoms with Crippen LogP contribution in [0, 0.1) is 16.0 Å². The molecule has 2 heterocycles. The van der Waals surface area contributed by atoms with Gasteiger partial charge in [0, 0.05) is 25.6 Å². The van der Waals surface area contributed by atoms with Gasteiger partial charge in [-0.1, -0.05) is 0 Å². The quantitative estimate of drug-likeness (QED) is 0.493. The highest BCUT2D eigenvalue weighted by atomic mass is 32.2. The van der Waals surface area contributed by atoms with Crippen molar-refractivity contribution in [3.05, 3.63) is 10.1 Å². The molecule has 0 spiro atoms. The van der Waals surface area contributed by atoms with Gasteiger partial charge in [0.2, 0.25) is 10.0 Å². The molecule has 108 valence electrons. The molecule has 10 heteroatoms. The molecule has 2 aliphatic heterocycles. The molecule has 0 saturated carbocycles. The molecule has 2 aliphatic rings. The molecule has 2 fully saturated rings. The van der Waals surface area contributed by atoms with Crippen LogP contribution in [0.3, 0.4) is 0 Å². The lowest BCUT2D eigenvalue weighted by molar-refractivity contribution is -0.486. The molecular weight excluding hydrogens is 276 g/mol. The summed E-state index contributed by atoms with van der Waals surface area (Å²) in [4.78, 5) is 12.2. The van der Waals surface area contributed by atoms with Crippen molar-refractivity contribution in [3.8, 4) is 0 Å². The molecule has 0 N–H and O–H groups in total. The topological polar surface area (TPSA) is 105 Å². The van der Waals surface area contributed by atoms with E-state index in [2.05, 4.69) is 5.10 Å². The van der Waals surface area contributed by atoms with Crippen LogP contribution in [0.15, 0.2) is 5.10 Å². The highest BCUT2D eigenvalue weighted by Gasteiger charge is 2.36. The van der Waals surface area contributed by atoms with Gasteiger partial charge in [-0.25, -0.2) is 22.8 Å². The molecule has 0 aromatic heterocycles. The smallest absolute Gasteiger partial charge is 0.287 e. The van der Waals surface area contributed by atoms with Gasteiger partial charge < -0.3 is 9.64 Å². The Balaban J connectivity index is 2.17. The lowest BCUT2D eigenvalue weighted by atomic mass is 10.1. The summed E-state index contributed by atoms with van der Waals surface area (Å²) in [6.07, 6.45) is 1.89. The summed E-state index contributed by atoms with van der Waals surface area (Å²) in [5, 5.41) is 12.9. The van der Waals surface area contributed by atoms with Crippen LogP contribution in [0.2, 0.25) is 0 Å². The Kier molecular flexibility index (Phi) is 3.90. The number of rotatable bonds is 4. The van der Waals surface area contributed by atoms with Gasteiger partial charge in [-0.15, -0.1) is 0 Å². The summed E-state index contributed by atoms with van der Waals surface area (Å²) in [6.45, 7) is 2.41. The zero-order chi connectivity index (χ0) is 14.0. The number of sulfonamides is 1. The number of nitrogens with zero attached hydrogens (tertiary/aromatic N) is 4. The lowest BCUT2D eigenvalue weighted by Gasteiger charge is -2.21. The average molecular weight is 292 g/mol. The molecule has 2 rings (SSSR count). The molecule has 9 nitrogen and oxygen atoms in total. The van der Waals surface area contributed by atoms with Crippen molar-refractivity contribution < 1.29 is 18.2 Å². The van der Waals surface area contributed by atoms with Crippen molar-refractivity contribution in [1.82, 2.24) is 9.21 Å². The van der Waals surface area contributed by atoms with E-state index in [-0.39, 0.29) is 18.4 Å². The normalized spacial score (nSPS) is 26.4. The lowest BCUT2D eigenvalue weighted by Crippen LogP contribution is -2.39. The Hall–Kier alpha value is -1.42. The van der Waals surface area contributed by atoms with Crippen LogP contribution in [0.4, 0.5) is 0 Å². The molecule has 19 heavy (non-hydrogen) atoms.